The second-order valence-electron chi connectivity index (χ2n) is 24.2. The van der Waals surface area contributed by atoms with Crippen LogP contribution in [0.1, 0.15) is 128 Å². The summed E-state index contributed by atoms with van der Waals surface area (Å²) in [7, 11) is 2.58. The van der Waals surface area contributed by atoms with Crippen LogP contribution >= 0.6 is 0 Å². The highest BCUT2D eigenvalue weighted by molar-refractivity contribution is 6.73. The van der Waals surface area contributed by atoms with Gasteiger partial charge in [-0.05, 0) is 174 Å². The van der Waals surface area contributed by atoms with Crippen molar-refractivity contribution in [2.45, 2.75) is 122 Å². The molecule has 3 aliphatic carbocycles. The summed E-state index contributed by atoms with van der Waals surface area (Å²) in [6.45, 7) is 24.6. The van der Waals surface area contributed by atoms with Gasteiger partial charge in [-0.3, -0.25) is 0 Å². The first-order valence-electron chi connectivity index (χ1n) is 25.8. The molecule has 1 aliphatic heterocycles. The molecule has 0 saturated carbocycles. The van der Waals surface area contributed by atoms with Gasteiger partial charge < -0.3 is 10.2 Å². The van der Waals surface area contributed by atoms with Gasteiger partial charge in [0.2, 0.25) is 0 Å². The van der Waals surface area contributed by atoms with E-state index in [1.165, 1.54) is 132 Å². The van der Waals surface area contributed by atoms with E-state index < -0.39 is 0 Å². The van der Waals surface area contributed by atoms with Crippen LogP contribution in [0.2, 0.25) is 0 Å². The fourth-order valence-electron chi connectivity index (χ4n) is 12.9. The average Bonchev–Trinajstić information content (AvgIpc) is 3.59. The molecule has 0 amide bonds. The van der Waals surface area contributed by atoms with Crippen molar-refractivity contribution in [2.75, 3.05) is 10.2 Å². The highest BCUT2D eigenvalue weighted by Gasteiger charge is 2.46. The molecule has 8 aromatic rings. The Balaban J connectivity index is 1.16. The molecule has 1 heterocycles. The Morgan fingerprint density at radius 2 is 0.957 bits per heavy atom. The molecule has 1 N–H and O–H groups in total. The molecule has 12 rings (SSSR count). The first-order chi connectivity index (χ1) is 33.4. The van der Waals surface area contributed by atoms with E-state index in [-0.39, 0.29) is 27.1 Å². The highest BCUT2D eigenvalue weighted by Crippen LogP contribution is 2.58. The van der Waals surface area contributed by atoms with Crippen LogP contribution in [-0.4, -0.2) is 7.28 Å². The summed E-state index contributed by atoms with van der Waals surface area (Å²) in [4.78, 5) is 2.73. The summed E-state index contributed by atoms with van der Waals surface area (Å²) < 4.78 is 0. The summed E-state index contributed by atoms with van der Waals surface area (Å²) in [6, 6.07) is 62.0. The fourth-order valence-corrected chi connectivity index (χ4v) is 12.9. The number of fused-ring (bicyclic) bond motifs is 8. The Morgan fingerprint density at radius 3 is 1.61 bits per heavy atom. The summed E-state index contributed by atoms with van der Waals surface area (Å²) in [5.41, 5.74) is 27.1. The summed E-state index contributed by atoms with van der Waals surface area (Å²) in [6.07, 6.45) is 4.68. The van der Waals surface area contributed by atoms with E-state index in [1.807, 2.05) is 0 Å². The van der Waals surface area contributed by atoms with Crippen LogP contribution in [0.3, 0.4) is 0 Å². The van der Waals surface area contributed by atoms with Crippen LogP contribution in [0.25, 0.3) is 44.5 Å². The van der Waals surface area contributed by atoms with Crippen LogP contribution in [-0.2, 0) is 27.1 Å². The van der Waals surface area contributed by atoms with E-state index in [2.05, 4.69) is 251 Å². The molecule has 2 nitrogen and oxygen atoms in total. The lowest BCUT2D eigenvalue weighted by Crippen LogP contribution is -2.45. The second-order valence-corrected chi connectivity index (χ2v) is 24.2. The minimum atomic E-state index is -0.267. The van der Waals surface area contributed by atoms with Gasteiger partial charge in [0, 0.05) is 39.4 Å². The normalized spacial score (nSPS) is 18.0. The lowest BCUT2D eigenvalue weighted by atomic mass is 9.54. The zero-order valence-corrected chi connectivity index (χ0v) is 42.9. The van der Waals surface area contributed by atoms with Crippen molar-refractivity contribution in [1.82, 2.24) is 0 Å². The average molecular weight is 910 g/mol. The Hall–Kier alpha value is -6.58. The van der Waals surface area contributed by atoms with Gasteiger partial charge in [0.15, 0.2) is 7.28 Å². The standard InChI is InChI=1S/C67H66BN2/c1-63(2)33-34-64(3,4)54-38-47(30-31-53(54)63)70-59-41-56-55(65(5,6)35-36-66(56,7)8)40-57(59)68-61-51(39-50-48-23-17-18-24-52(48)67(9,10)60(50)62(61)70)49-37-45(43-21-15-12-16-22-43)27-32-58(49)69-46-28-25-44(26-29-46)42-19-13-11-14-20-42/h11-32,37-41,69H,33-36H2,1-10H3. The zero-order valence-electron chi connectivity index (χ0n) is 42.9. The van der Waals surface area contributed by atoms with E-state index in [1.54, 1.807) is 0 Å². The smallest absolute Gasteiger partial charge is 0.197 e. The number of nitrogens with zero attached hydrogens (tertiary/aromatic N) is 1. The van der Waals surface area contributed by atoms with Gasteiger partial charge >= 0.3 is 0 Å². The predicted molar refractivity (Wildman–Crippen MR) is 300 cm³/mol. The van der Waals surface area contributed by atoms with Crippen molar-refractivity contribution >= 4 is 46.6 Å². The minimum absolute atomic E-state index is 0.0464. The molecule has 0 unspecified atom stereocenters. The molecule has 0 atom stereocenters. The second kappa shape index (κ2) is 15.7. The Kier molecular flexibility index (Phi) is 10.0. The molecule has 8 aromatic carbocycles. The molecular weight excluding hydrogens is 844 g/mol. The highest BCUT2D eigenvalue weighted by atomic mass is 15.2. The predicted octanol–water partition coefficient (Wildman–Crippen LogP) is 16.9. The maximum Gasteiger partial charge on any atom is 0.197 e. The van der Waals surface area contributed by atoms with Crippen molar-refractivity contribution < 1.29 is 0 Å². The van der Waals surface area contributed by atoms with Crippen molar-refractivity contribution in [3.63, 3.8) is 0 Å². The van der Waals surface area contributed by atoms with Crippen molar-refractivity contribution in [3.8, 4) is 44.5 Å². The van der Waals surface area contributed by atoms with Crippen LogP contribution in [0, 0.1) is 0 Å². The summed E-state index contributed by atoms with van der Waals surface area (Å²) >= 11 is 0. The molecule has 0 spiro atoms. The Morgan fingerprint density at radius 1 is 0.414 bits per heavy atom. The number of nitrogens with one attached hydrogen (secondary N) is 1. The lowest BCUT2D eigenvalue weighted by molar-refractivity contribution is 0.332. The van der Waals surface area contributed by atoms with Gasteiger partial charge in [0.05, 0.1) is 0 Å². The lowest BCUT2D eigenvalue weighted by Gasteiger charge is -2.46. The topological polar surface area (TPSA) is 15.3 Å². The number of benzene rings is 8. The largest absolute Gasteiger partial charge is 0.355 e. The number of hydrogen-bond donors (Lipinski definition) is 1. The zero-order chi connectivity index (χ0) is 48.5. The van der Waals surface area contributed by atoms with Crippen LogP contribution in [0.4, 0.5) is 28.4 Å². The van der Waals surface area contributed by atoms with E-state index in [9.17, 15) is 0 Å². The van der Waals surface area contributed by atoms with E-state index in [0.29, 0.717) is 0 Å². The van der Waals surface area contributed by atoms with Crippen molar-refractivity contribution in [3.05, 3.63) is 197 Å². The number of hydrogen-bond acceptors (Lipinski definition) is 2. The molecule has 4 aliphatic rings. The van der Waals surface area contributed by atoms with E-state index in [4.69, 9.17) is 0 Å². The fraction of sp³-hybridized carbons (Fsp3) is 0.284. The monoisotopic (exact) mass is 910 g/mol. The maximum absolute atomic E-state index is 3.98. The van der Waals surface area contributed by atoms with Crippen molar-refractivity contribution in [1.29, 1.82) is 0 Å². The van der Waals surface area contributed by atoms with Crippen LogP contribution in [0.5, 0.6) is 0 Å². The maximum atomic E-state index is 3.98. The third kappa shape index (κ3) is 7.04. The third-order valence-corrected chi connectivity index (χ3v) is 17.4. The van der Waals surface area contributed by atoms with Gasteiger partial charge in [0.1, 0.15) is 0 Å². The molecule has 3 heteroatoms. The SMILES string of the molecule is CC1(C)CCC(C)(C)c2cc(N3c4cc5c(cc4[B]c4c(-c6cc(-c7ccccc7)ccc6Nc6ccc(-c7ccccc7)cc6)cc6c(c43)C(C)(C)c3ccccc3-6)C(C)(C)CCC5(C)C)ccc21. The Bertz CT molecular complexity index is 3390. The van der Waals surface area contributed by atoms with Crippen molar-refractivity contribution in [2.24, 2.45) is 0 Å². The molecule has 70 heavy (non-hydrogen) atoms. The van der Waals surface area contributed by atoms with Gasteiger partial charge in [-0.1, -0.05) is 190 Å². The Labute approximate surface area is 418 Å². The molecule has 1 radical (unpaired) electrons. The molecular formula is C67H66BN2. The van der Waals surface area contributed by atoms with Gasteiger partial charge in [-0.2, -0.15) is 0 Å². The molecule has 0 aromatic heterocycles. The minimum Gasteiger partial charge on any atom is -0.355 e. The quantitative estimate of drug-likeness (QED) is 0.167. The number of rotatable bonds is 6. The molecule has 347 valence electrons. The number of anilines is 5. The van der Waals surface area contributed by atoms with Crippen LogP contribution < -0.4 is 21.1 Å². The first-order valence-corrected chi connectivity index (χ1v) is 25.8. The van der Waals surface area contributed by atoms with Gasteiger partial charge in [-0.25, -0.2) is 0 Å². The summed E-state index contributed by atoms with van der Waals surface area (Å²) in [5.74, 6) is 0. The third-order valence-electron chi connectivity index (χ3n) is 17.4. The first kappa shape index (κ1) is 44.6. The molecule has 0 bridgehead atoms. The van der Waals surface area contributed by atoms with E-state index in [0.717, 1.165) is 11.4 Å². The van der Waals surface area contributed by atoms with Crippen LogP contribution in [0.15, 0.2) is 164 Å². The van der Waals surface area contributed by atoms with Gasteiger partial charge in [-0.15, -0.1) is 0 Å². The summed E-state index contributed by atoms with van der Waals surface area (Å²) in [5, 5.41) is 3.98. The molecule has 0 fully saturated rings. The van der Waals surface area contributed by atoms with E-state index >= 15 is 0 Å². The molecule has 0 saturated heterocycles. The van der Waals surface area contributed by atoms with Gasteiger partial charge in [0.25, 0.3) is 0 Å².